The number of hydrogen-bond donors (Lipinski definition) is 1. The van der Waals surface area contributed by atoms with E-state index in [-0.39, 0.29) is 6.04 Å². The maximum absolute atomic E-state index is 6.07. The highest BCUT2D eigenvalue weighted by atomic mass is 14.6. The highest BCUT2D eigenvalue weighted by molar-refractivity contribution is 5.49. The van der Waals surface area contributed by atoms with E-state index in [2.05, 4.69) is 36.4 Å². The van der Waals surface area contributed by atoms with E-state index in [1.54, 1.807) is 0 Å². The lowest BCUT2D eigenvalue weighted by atomic mass is 10.1. The molecule has 2 aromatic rings. The molecule has 0 aliphatic rings. The molecule has 0 fully saturated rings. The van der Waals surface area contributed by atoms with Crippen molar-refractivity contribution in [2.45, 2.75) is 12.5 Å². The van der Waals surface area contributed by atoms with Crippen LogP contribution in [-0.4, -0.2) is 6.04 Å². The Labute approximate surface area is 103 Å². The number of benzene rings is 2. The Morgan fingerprint density at radius 1 is 0.882 bits per heavy atom. The van der Waals surface area contributed by atoms with Crippen molar-refractivity contribution in [3.8, 4) is 0 Å². The second-order valence-electron chi connectivity index (χ2n) is 4.12. The van der Waals surface area contributed by atoms with Gasteiger partial charge in [-0.25, -0.2) is 0 Å². The fourth-order valence-electron chi connectivity index (χ4n) is 1.75. The summed E-state index contributed by atoms with van der Waals surface area (Å²) in [5.74, 6) is 0. The minimum Gasteiger partial charge on any atom is -0.324 e. The van der Waals surface area contributed by atoms with Gasteiger partial charge in [0.05, 0.1) is 0 Å². The maximum Gasteiger partial charge on any atom is 0.0267 e. The second kappa shape index (κ2) is 6.02. The van der Waals surface area contributed by atoms with Crippen molar-refractivity contribution >= 4 is 6.08 Å². The van der Waals surface area contributed by atoms with E-state index in [1.807, 2.05) is 36.4 Å². The molecular formula is C16H17N. The molecule has 2 aromatic carbocycles. The fourth-order valence-corrected chi connectivity index (χ4v) is 1.75. The summed E-state index contributed by atoms with van der Waals surface area (Å²) in [5, 5.41) is 0. The molecule has 1 unspecified atom stereocenters. The quantitative estimate of drug-likeness (QED) is 0.845. The molecule has 0 heterocycles. The molecule has 0 amide bonds. The standard InChI is InChI=1S/C16H17N/c17-16(13-15-9-5-2-6-10-15)12-11-14-7-3-1-4-8-14/h1-12,16H,13,17H2. The average Bonchev–Trinajstić information content (AvgIpc) is 2.39. The molecule has 0 saturated carbocycles. The number of rotatable bonds is 4. The first-order valence-electron chi connectivity index (χ1n) is 5.87. The molecule has 1 heteroatoms. The van der Waals surface area contributed by atoms with Crippen LogP contribution in [0.1, 0.15) is 11.1 Å². The van der Waals surface area contributed by atoms with Crippen LogP contribution in [0.5, 0.6) is 0 Å². The Hall–Kier alpha value is -1.86. The topological polar surface area (TPSA) is 26.0 Å². The highest BCUT2D eigenvalue weighted by Gasteiger charge is 1.98. The van der Waals surface area contributed by atoms with Crippen molar-refractivity contribution in [3.05, 3.63) is 77.9 Å². The maximum atomic E-state index is 6.07. The Morgan fingerprint density at radius 2 is 1.47 bits per heavy atom. The molecule has 86 valence electrons. The number of nitrogens with two attached hydrogens (primary N) is 1. The van der Waals surface area contributed by atoms with E-state index in [4.69, 9.17) is 5.73 Å². The fraction of sp³-hybridized carbons (Fsp3) is 0.125. The van der Waals surface area contributed by atoms with Gasteiger partial charge in [-0.15, -0.1) is 0 Å². The molecular weight excluding hydrogens is 206 g/mol. The van der Waals surface area contributed by atoms with Gasteiger partial charge < -0.3 is 5.73 Å². The van der Waals surface area contributed by atoms with Crippen molar-refractivity contribution in [3.63, 3.8) is 0 Å². The van der Waals surface area contributed by atoms with Crippen molar-refractivity contribution in [1.82, 2.24) is 0 Å². The summed E-state index contributed by atoms with van der Waals surface area (Å²) in [7, 11) is 0. The smallest absolute Gasteiger partial charge is 0.0267 e. The first-order chi connectivity index (χ1) is 8.34. The molecule has 2 rings (SSSR count). The molecule has 0 radical (unpaired) electrons. The van der Waals surface area contributed by atoms with Crippen molar-refractivity contribution < 1.29 is 0 Å². The summed E-state index contributed by atoms with van der Waals surface area (Å²) in [5.41, 5.74) is 8.53. The van der Waals surface area contributed by atoms with Gasteiger partial charge in [0.25, 0.3) is 0 Å². The van der Waals surface area contributed by atoms with Crippen molar-refractivity contribution in [2.75, 3.05) is 0 Å². The zero-order valence-electron chi connectivity index (χ0n) is 9.79. The van der Waals surface area contributed by atoms with Crippen LogP contribution in [0.15, 0.2) is 66.7 Å². The van der Waals surface area contributed by atoms with Crippen molar-refractivity contribution in [2.24, 2.45) is 5.73 Å². The summed E-state index contributed by atoms with van der Waals surface area (Å²) in [6, 6.07) is 20.6. The zero-order chi connectivity index (χ0) is 11.9. The van der Waals surface area contributed by atoms with E-state index in [1.165, 1.54) is 11.1 Å². The largest absolute Gasteiger partial charge is 0.324 e. The van der Waals surface area contributed by atoms with E-state index < -0.39 is 0 Å². The van der Waals surface area contributed by atoms with Gasteiger partial charge in [-0.3, -0.25) is 0 Å². The molecule has 1 atom stereocenters. The van der Waals surface area contributed by atoms with Crippen LogP contribution in [0.2, 0.25) is 0 Å². The first kappa shape index (κ1) is 11.6. The molecule has 0 aliphatic heterocycles. The van der Waals surface area contributed by atoms with Crippen molar-refractivity contribution in [1.29, 1.82) is 0 Å². The van der Waals surface area contributed by atoms with Gasteiger partial charge in [0.2, 0.25) is 0 Å². The normalized spacial score (nSPS) is 12.8. The van der Waals surface area contributed by atoms with Gasteiger partial charge in [0.15, 0.2) is 0 Å². The van der Waals surface area contributed by atoms with Gasteiger partial charge in [-0.1, -0.05) is 72.8 Å². The van der Waals surface area contributed by atoms with Crippen LogP contribution in [0.4, 0.5) is 0 Å². The van der Waals surface area contributed by atoms with Crippen LogP contribution in [0.3, 0.4) is 0 Å². The molecule has 17 heavy (non-hydrogen) atoms. The first-order valence-corrected chi connectivity index (χ1v) is 5.87. The predicted molar refractivity (Wildman–Crippen MR) is 73.6 cm³/mol. The SMILES string of the molecule is NC(C=Cc1ccccc1)Cc1ccccc1. The summed E-state index contributed by atoms with van der Waals surface area (Å²) >= 11 is 0. The molecule has 1 nitrogen and oxygen atoms in total. The Balaban J connectivity index is 1.94. The summed E-state index contributed by atoms with van der Waals surface area (Å²) in [6.45, 7) is 0. The van der Waals surface area contributed by atoms with Crippen LogP contribution in [-0.2, 0) is 6.42 Å². The third kappa shape index (κ3) is 3.89. The molecule has 0 bridgehead atoms. The van der Waals surface area contributed by atoms with Crippen LogP contribution in [0, 0.1) is 0 Å². The lowest BCUT2D eigenvalue weighted by molar-refractivity contribution is 0.813. The third-order valence-electron chi connectivity index (χ3n) is 2.65. The molecule has 2 N–H and O–H groups in total. The van der Waals surface area contributed by atoms with Gasteiger partial charge in [-0.05, 0) is 17.5 Å². The summed E-state index contributed by atoms with van der Waals surface area (Å²) < 4.78 is 0. The minimum atomic E-state index is 0.0672. The summed E-state index contributed by atoms with van der Waals surface area (Å²) in [6.07, 6.45) is 5.01. The van der Waals surface area contributed by atoms with E-state index in [0.29, 0.717) is 0 Å². The van der Waals surface area contributed by atoms with E-state index in [9.17, 15) is 0 Å². The molecule has 0 aliphatic carbocycles. The average molecular weight is 223 g/mol. The van der Waals surface area contributed by atoms with Gasteiger partial charge in [0, 0.05) is 6.04 Å². The highest BCUT2D eigenvalue weighted by Crippen LogP contribution is 2.05. The monoisotopic (exact) mass is 223 g/mol. The lowest BCUT2D eigenvalue weighted by Gasteiger charge is -2.06. The predicted octanol–water partition coefficient (Wildman–Crippen LogP) is 3.27. The molecule has 0 aromatic heterocycles. The van der Waals surface area contributed by atoms with E-state index >= 15 is 0 Å². The summed E-state index contributed by atoms with van der Waals surface area (Å²) in [4.78, 5) is 0. The van der Waals surface area contributed by atoms with Gasteiger partial charge >= 0.3 is 0 Å². The Morgan fingerprint density at radius 3 is 2.12 bits per heavy atom. The van der Waals surface area contributed by atoms with Crippen LogP contribution >= 0.6 is 0 Å². The lowest BCUT2D eigenvalue weighted by Crippen LogP contribution is -2.19. The van der Waals surface area contributed by atoms with Gasteiger partial charge in [0.1, 0.15) is 0 Å². The second-order valence-corrected chi connectivity index (χ2v) is 4.12. The van der Waals surface area contributed by atoms with Crippen LogP contribution in [0.25, 0.3) is 6.08 Å². The number of hydrogen-bond acceptors (Lipinski definition) is 1. The molecule has 0 spiro atoms. The zero-order valence-corrected chi connectivity index (χ0v) is 9.79. The van der Waals surface area contributed by atoms with E-state index in [0.717, 1.165) is 6.42 Å². The Bertz CT molecular complexity index is 459. The Kier molecular flexibility index (Phi) is 4.11. The van der Waals surface area contributed by atoms with Crippen LogP contribution < -0.4 is 5.73 Å². The minimum absolute atomic E-state index is 0.0672. The third-order valence-corrected chi connectivity index (χ3v) is 2.65. The van der Waals surface area contributed by atoms with Gasteiger partial charge in [-0.2, -0.15) is 0 Å². The molecule has 0 saturated heterocycles.